The van der Waals surface area contributed by atoms with Crippen molar-refractivity contribution < 1.29 is 13.6 Å². The molecule has 6 heteroatoms. The second kappa shape index (κ2) is 9.29. The molecule has 222 valence electrons. The van der Waals surface area contributed by atoms with Crippen molar-refractivity contribution in [3.05, 3.63) is 22.2 Å². The van der Waals surface area contributed by atoms with Gasteiger partial charge in [-0.15, -0.1) is 36.3 Å². The lowest BCUT2D eigenvalue weighted by molar-refractivity contribution is -0.0516. The van der Waals surface area contributed by atoms with Crippen LogP contribution in [0.2, 0.25) is 41.3 Å². The summed E-state index contributed by atoms with van der Waals surface area (Å²) in [5, 5.41) is 0.720. The van der Waals surface area contributed by atoms with Gasteiger partial charge in [-0.3, -0.25) is 0 Å². The van der Waals surface area contributed by atoms with Gasteiger partial charge in [-0.2, -0.15) is 0 Å². The Morgan fingerprint density at radius 1 is 0.872 bits per heavy atom. The summed E-state index contributed by atoms with van der Waals surface area (Å²) in [6, 6.07) is 2.10. The molecule has 1 aromatic rings. The summed E-state index contributed by atoms with van der Waals surface area (Å²) in [7, 11) is -4.36. The van der Waals surface area contributed by atoms with Gasteiger partial charge < -0.3 is 13.6 Å². The molecule has 3 atom stereocenters. The molecule has 0 bridgehead atoms. The molecule has 2 aliphatic carbocycles. The first-order valence-corrected chi connectivity index (χ1v) is 21.3. The average molecular weight is 591 g/mol. The third-order valence-electron chi connectivity index (χ3n) is 11.5. The summed E-state index contributed by atoms with van der Waals surface area (Å²) < 4.78 is 21.0. The first-order valence-electron chi connectivity index (χ1n) is 15.1. The van der Waals surface area contributed by atoms with E-state index < -0.39 is 16.6 Å². The Hall–Kier alpha value is -0.916. The maximum Gasteiger partial charge on any atom is 0.133 e. The zero-order valence-corrected chi connectivity index (χ0v) is 30.1. The van der Waals surface area contributed by atoms with Crippen LogP contribution in [0.3, 0.4) is 0 Å². The number of benzene rings is 1. The molecule has 4 rings (SSSR count). The number of hydrogen-bond acceptors (Lipinski definition) is 3. The van der Waals surface area contributed by atoms with Crippen molar-refractivity contribution in [1.29, 1.82) is 0 Å². The van der Waals surface area contributed by atoms with Gasteiger partial charge in [0.2, 0.25) is 0 Å². The van der Waals surface area contributed by atoms with Crippen molar-refractivity contribution in [2.75, 3.05) is 0 Å². The van der Waals surface area contributed by atoms with E-state index >= 15 is 0 Å². The molecule has 0 saturated heterocycles. The van der Waals surface area contributed by atoms with Crippen LogP contribution in [0.5, 0.6) is 17.2 Å². The molecular formula is C33H55ClO3Si2-2. The van der Waals surface area contributed by atoms with Crippen LogP contribution in [0.15, 0.2) is 11.6 Å². The Kier molecular flexibility index (Phi) is 7.39. The summed E-state index contributed by atoms with van der Waals surface area (Å²) in [5.74, 6) is 2.93. The summed E-state index contributed by atoms with van der Waals surface area (Å²) in [5.41, 5.74) is 2.49. The lowest BCUT2D eigenvalue weighted by atomic mass is 9.47. The van der Waals surface area contributed by atoms with Gasteiger partial charge in [-0.25, -0.2) is 0 Å². The van der Waals surface area contributed by atoms with E-state index in [1.165, 1.54) is 31.3 Å². The van der Waals surface area contributed by atoms with E-state index in [1.807, 2.05) is 0 Å². The molecule has 0 spiro atoms. The highest BCUT2D eigenvalue weighted by Crippen LogP contribution is 2.65. The third-order valence-corrected chi connectivity index (χ3v) is 20.5. The van der Waals surface area contributed by atoms with Crippen LogP contribution < -0.4 is 13.6 Å². The standard InChI is InChI=1S/C33H55ClO3Si2/c1-29(2,3)38(11,12)36-24-21-23-22(27(34)28(24)37-39(13,14)30(4,5)6)20-26-32(9)18-15-17-31(7,8)25(32)16-19-33(26,10)35-23/h20-21,25H,15-19H2,1-14H3/q-2/t25-,32-,33?/m0/s1. The van der Waals surface area contributed by atoms with Crippen LogP contribution in [0, 0.1) is 16.7 Å². The average Bonchev–Trinajstić information content (AvgIpc) is 2.73. The van der Waals surface area contributed by atoms with Crippen LogP contribution in [-0.4, -0.2) is 22.2 Å². The summed E-state index contributed by atoms with van der Waals surface area (Å²) >= 11 is 7.39. The Morgan fingerprint density at radius 3 is 2.00 bits per heavy atom. The normalized spacial score (nSPS) is 28.9. The molecule has 0 amide bonds. The fourth-order valence-corrected chi connectivity index (χ4v) is 9.32. The summed E-state index contributed by atoms with van der Waals surface area (Å²) in [6.45, 7) is 32.5. The van der Waals surface area contributed by atoms with E-state index in [9.17, 15) is 0 Å². The predicted octanol–water partition coefficient (Wildman–Crippen LogP) is 11.3. The van der Waals surface area contributed by atoms with Crippen LogP contribution >= 0.6 is 11.6 Å². The van der Waals surface area contributed by atoms with Crippen LogP contribution in [0.25, 0.3) is 6.08 Å². The first kappa shape index (κ1) is 31.0. The van der Waals surface area contributed by atoms with Gasteiger partial charge in [-0.1, -0.05) is 80.3 Å². The van der Waals surface area contributed by atoms with Crippen molar-refractivity contribution in [1.82, 2.24) is 0 Å². The highest BCUT2D eigenvalue weighted by atomic mass is 35.5. The summed E-state index contributed by atoms with van der Waals surface area (Å²) in [4.78, 5) is 0. The number of rotatable bonds is 4. The molecule has 1 aromatic carbocycles. The molecule has 1 aliphatic heterocycles. The van der Waals surface area contributed by atoms with E-state index in [1.54, 1.807) is 0 Å². The van der Waals surface area contributed by atoms with Crippen molar-refractivity contribution in [2.24, 2.45) is 16.7 Å². The zero-order valence-electron chi connectivity index (χ0n) is 27.4. The van der Waals surface area contributed by atoms with Crippen molar-refractivity contribution in [3.8, 4) is 17.2 Å². The number of ether oxygens (including phenoxy) is 1. The van der Waals surface area contributed by atoms with Crippen molar-refractivity contribution in [3.63, 3.8) is 0 Å². The first-order chi connectivity index (χ1) is 17.5. The van der Waals surface area contributed by atoms with Crippen molar-refractivity contribution >= 4 is 34.3 Å². The molecule has 0 radical (unpaired) electrons. The van der Waals surface area contributed by atoms with Gasteiger partial charge in [0.25, 0.3) is 0 Å². The quantitative estimate of drug-likeness (QED) is 0.326. The van der Waals surface area contributed by atoms with Gasteiger partial charge in [0.1, 0.15) is 22.8 Å². The monoisotopic (exact) mass is 590 g/mol. The number of fused-ring (bicyclic) bond motifs is 4. The van der Waals surface area contributed by atoms with E-state index in [4.69, 9.17) is 25.2 Å². The van der Waals surface area contributed by atoms with E-state index in [-0.39, 0.29) is 21.1 Å². The second-order valence-electron chi connectivity index (χ2n) is 16.9. The van der Waals surface area contributed by atoms with Crippen LogP contribution in [0.4, 0.5) is 0 Å². The number of halogens is 1. The van der Waals surface area contributed by atoms with Crippen molar-refractivity contribution in [2.45, 2.75) is 143 Å². The highest BCUT2D eigenvalue weighted by Gasteiger charge is 2.57. The Bertz CT molecular complexity index is 1170. The minimum atomic E-state index is -2.20. The van der Waals surface area contributed by atoms with Gasteiger partial charge in [0, 0.05) is 28.3 Å². The van der Waals surface area contributed by atoms with Gasteiger partial charge in [-0.05, 0) is 61.0 Å². The van der Waals surface area contributed by atoms with E-state index in [0.717, 1.165) is 23.5 Å². The molecule has 1 unspecified atom stereocenters. The lowest BCUT2D eigenvalue weighted by Gasteiger charge is -2.60. The maximum absolute atomic E-state index is 7.39. The minimum Gasteiger partial charge on any atom is -0.686 e. The molecule has 0 aromatic heterocycles. The van der Waals surface area contributed by atoms with Gasteiger partial charge in [0.05, 0.1) is 5.02 Å². The number of hydrogen-bond donors (Lipinski definition) is 0. The molecule has 2 saturated carbocycles. The van der Waals surface area contributed by atoms with E-state index in [2.05, 4.69) is 108 Å². The molecule has 3 aliphatic rings. The van der Waals surface area contributed by atoms with E-state index in [0.29, 0.717) is 22.1 Å². The smallest absolute Gasteiger partial charge is 0.133 e. The highest BCUT2D eigenvalue weighted by molar-refractivity contribution is 6.75. The largest absolute Gasteiger partial charge is 0.686 e. The molecular weight excluding hydrogens is 536 g/mol. The fraction of sp³-hybridized carbons (Fsp3) is 0.758. The molecule has 3 nitrogen and oxygen atoms in total. The van der Waals surface area contributed by atoms with Gasteiger partial charge in [0.15, 0.2) is 0 Å². The Labute approximate surface area is 246 Å². The SMILES string of the molecule is CC12CC[C@H]3C(C)(C)CCC[C@]3(C)C1=Cc1c(cc(O[Si-](C)(C)C(C)(C)C)c(O[Si-](C)(C)C(C)(C)C)c1Cl)O2. The second-order valence-corrected chi connectivity index (χ2v) is 26.7. The molecule has 39 heavy (non-hydrogen) atoms. The van der Waals surface area contributed by atoms with Gasteiger partial charge >= 0.3 is 0 Å². The minimum absolute atomic E-state index is 0.0335. The topological polar surface area (TPSA) is 27.7 Å². The maximum atomic E-state index is 7.39. The Morgan fingerprint density at radius 2 is 1.44 bits per heavy atom. The van der Waals surface area contributed by atoms with Crippen LogP contribution in [0.1, 0.15) is 107 Å². The van der Waals surface area contributed by atoms with Crippen LogP contribution in [-0.2, 0) is 0 Å². The summed E-state index contributed by atoms with van der Waals surface area (Å²) in [6.07, 6.45) is 8.38. The Balaban J connectivity index is 1.92. The fourth-order valence-electron chi connectivity index (χ4n) is 6.95. The zero-order chi connectivity index (χ0) is 29.6. The third kappa shape index (κ3) is 5.16. The molecule has 0 N–H and O–H groups in total. The molecule has 2 fully saturated rings. The lowest BCUT2D eigenvalue weighted by Crippen LogP contribution is -2.55. The predicted molar refractivity (Wildman–Crippen MR) is 173 cm³/mol. The molecule has 1 heterocycles.